The summed E-state index contributed by atoms with van der Waals surface area (Å²) in [5, 5.41) is 3.76. The van der Waals surface area contributed by atoms with Crippen molar-refractivity contribution in [2.45, 2.75) is 0 Å². The monoisotopic (exact) mass is 1130 g/mol. The predicted molar refractivity (Wildman–Crippen MR) is 288 cm³/mol. The van der Waals surface area contributed by atoms with E-state index in [-0.39, 0.29) is 0 Å². The van der Waals surface area contributed by atoms with E-state index >= 15 is 0 Å². The van der Waals surface area contributed by atoms with Crippen molar-refractivity contribution in [2.24, 2.45) is 0 Å². The van der Waals surface area contributed by atoms with Gasteiger partial charge in [-0.1, -0.05) is 0 Å². The molecule has 4 nitrogen and oxygen atoms in total. The first-order valence-corrected chi connectivity index (χ1v) is 38.5. The first-order chi connectivity index (χ1) is 33.5. The van der Waals surface area contributed by atoms with Crippen LogP contribution in [0.15, 0.2) is 303 Å². The van der Waals surface area contributed by atoms with Crippen LogP contribution in [0.25, 0.3) is 0 Å². The molecule has 0 bridgehead atoms. The fourth-order valence-electron chi connectivity index (χ4n) is 10.2. The van der Waals surface area contributed by atoms with E-state index < -0.39 is 53.6 Å². The van der Waals surface area contributed by atoms with Crippen LogP contribution >= 0.6 is 0 Å². The minimum absolute atomic E-state index is 0.939. The zero-order valence-electron chi connectivity index (χ0n) is 37.4. The van der Waals surface area contributed by atoms with Gasteiger partial charge < -0.3 is 0 Å². The van der Waals surface area contributed by atoms with Gasteiger partial charge in [-0.3, -0.25) is 0 Å². The molecule has 8 heteroatoms. The Morgan fingerprint density at radius 2 is 0.309 bits per heavy atom. The van der Waals surface area contributed by atoms with Crippen molar-refractivity contribution in [2.75, 3.05) is 0 Å². The molecule has 0 amide bonds. The van der Waals surface area contributed by atoms with Crippen molar-refractivity contribution in [3.05, 3.63) is 303 Å². The fourth-order valence-corrected chi connectivity index (χ4v) is 76.3. The quantitative estimate of drug-likeness (QED) is 0.141. The molecule has 0 aliphatic carbocycles. The molecular formula is C60H50O4Sb2Si2. The minimum atomic E-state index is -6.44. The Bertz CT molecular complexity index is 2710. The Morgan fingerprint density at radius 1 is 0.176 bits per heavy atom. The second-order valence-electron chi connectivity index (χ2n) is 17.0. The summed E-state index contributed by atoms with van der Waals surface area (Å²) in [4.78, 5) is 0. The molecule has 1 aliphatic heterocycles. The Hall–Kier alpha value is -5.89. The second kappa shape index (κ2) is 18.2. The van der Waals surface area contributed by atoms with Gasteiger partial charge in [0.15, 0.2) is 0 Å². The third-order valence-corrected chi connectivity index (χ3v) is 61.9. The molecule has 0 spiro atoms. The van der Waals surface area contributed by atoms with Crippen molar-refractivity contribution in [1.82, 2.24) is 0 Å². The summed E-state index contributed by atoms with van der Waals surface area (Å²) in [5.74, 6) is 0. The summed E-state index contributed by atoms with van der Waals surface area (Å²) < 4.78 is 43.1. The van der Waals surface area contributed by atoms with E-state index in [1.807, 2.05) is 0 Å². The van der Waals surface area contributed by atoms with Gasteiger partial charge in [-0.2, -0.15) is 0 Å². The van der Waals surface area contributed by atoms with Crippen LogP contribution in [0, 0.1) is 0 Å². The Balaban J connectivity index is 1.49. The maximum atomic E-state index is 9.33. The van der Waals surface area contributed by atoms with E-state index in [1.54, 1.807) is 0 Å². The van der Waals surface area contributed by atoms with Gasteiger partial charge in [-0.05, 0) is 0 Å². The Kier molecular flexibility index (Phi) is 11.9. The first kappa shape index (κ1) is 44.6. The third kappa shape index (κ3) is 6.93. The van der Waals surface area contributed by atoms with Gasteiger partial charge in [0.25, 0.3) is 0 Å². The molecular weight excluding hydrogens is 1080 g/mol. The van der Waals surface area contributed by atoms with Crippen molar-refractivity contribution >= 4 is 95.4 Å². The molecule has 1 aliphatic rings. The van der Waals surface area contributed by atoms with E-state index in [0.29, 0.717) is 0 Å². The van der Waals surface area contributed by atoms with Crippen molar-refractivity contribution in [3.8, 4) is 0 Å². The predicted octanol–water partition coefficient (Wildman–Crippen LogP) is 6.82. The molecule has 1 fully saturated rings. The van der Waals surface area contributed by atoms with Crippen molar-refractivity contribution < 1.29 is 10.8 Å². The molecule has 0 N–H and O–H groups in total. The molecule has 0 saturated carbocycles. The molecule has 1 saturated heterocycles. The van der Waals surface area contributed by atoms with Gasteiger partial charge in [-0.25, -0.2) is 0 Å². The van der Waals surface area contributed by atoms with Crippen molar-refractivity contribution in [3.63, 3.8) is 0 Å². The molecule has 0 unspecified atom stereocenters. The average Bonchev–Trinajstić information content (AvgIpc) is 3.44. The summed E-state index contributed by atoms with van der Waals surface area (Å²) >= 11 is -12.9. The summed E-state index contributed by atoms with van der Waals surface area (Å²) in [5.41, 5.74) is 0. The van der Waals surface area contributed by atoms with Gasteiger partial charge >= 0.3 is 410 Å². The van der Waals surface area contributed by atoms with Crippen LogP contribution in [0.4, 0.5) is 0 Å². The Morgan fingerprint density at radius 3 is 0.456 bits per heavy atom. The number of rotatable bonds is 10. The summed E-state index contributed by atoms with van der Waals surface area (Å²) in [6.07, 6.45) is 0. The van der Waals surface area contributed by atoms with Gasteiger partial charge in [0.2, 0.25) is 0 Å². The van der Waals surface area contributed by atoms with Crippen LogP contribution in [0.5, 0.6) is 0 Å². The van der Waals surface area contributed by atoms with Gasteiger partial charge in [0, 0.05) is 0 Å². The number of hydrogen-bond acceptors (Lipinski definition) is 4. The Labute approximate surface area is 405 Å². The van der Waals surface area contributed by atoms with Crippen LogP contribution in [0.1, 0.15) is 0 Å². The topological polar surface area (TPSA) is 36.9 Å². The zero-order valence-corrected chi connectivity index (χ0v) is 44.5. The molecule has 10 aromatic rings. The molecule has 10 aromatic carbocycles. The van der Waals surface area contributed by atoms with Crippen LogP contribution in [-0.4, -0.2) is 53.6 Å². The van der Waals surface area contributed by atoms with Crippen LogP contribution < -0.4 is 41.8 Å². The maximum absolute atomic E-state index is 9.33. The van der Waals surface area contributed by atoms with Gasteiger partial charge in [-0.15, -0.1) is 0 Å². The first-order valence-electron chi connectivity index (χ1n) is 23.0. The second-order valence-corrected chi connectivity index (χ2v) is 48.5. The van der Waals surface area contributed by atoms with Gasteiger partial charge in [0.1, 0.15) is 0 Å². The summed E-state index contributed by atoms with van der Waals surface area (Å²) in [7, 11) is -8.69. The molecule has 0 radical (unpaired) electrons. The average molecular weight is 1130 g/mol. The van der Waals surface area contributed by atoms with Crippen LogP contribution in [-0.2, 0) is 10.8 Å². The molecule has 0 atom stereocenters. The zero-order chi connectivity index (χ0) is 45.9. The molecule has 11 rings (SSSR count). The van der Waals surface area contributed by atoms with Crippen molar-refractivity contribution in [1.29, 1.82) is 0 Å². The van der Waals surface area contributed by atoms with Gasteiger partial charge in [0.05, 0.1) is 0 Å². The van der Waals surface area contributed by atoms with E-state index in [4.69, 9.17) is 0 Å². The number of hydrogen-bond donors (Lipinski definition) is 0. The molecule has 1 heterocycles. The fraction of sp³-hybridized carbons (Fsp3) is 0. The third-order valence-electron chi connectivity index (χ3n) is 13.2. The van der Waals surface area contributed by atoms with E-state index in [1.165, 1.54) is 0 Å². The van der Waals surface area contributed by atoms with Crippen LogP contribution in [0.2, 0.25) is 0 Å². The number of benzene rings is 10. The standard InChI is InChI=1S/2C12H10O2Si.6C6H5.2Sb/c2*13-15(14,11-7-3-1-4-8-11)12-9-5-2-6-10-12;6*1-2-4-6-5-3-1;;/h2*1-10H;6*1-5H;;/q2*-2;;;;;;;2*+2. The van der Waals surface area contributed by atoms with E-state index in [0.717, 1.165) is 41.8 Å². The van der Waals surface area contributed by atoms with E-state index in [9.17, 15) is 10.8 Å². The normalized spacial score (nSPS) is 18.6. The summed E-state index contributed by atoms with van der Waals surface area (Å²) in [6.45, 7) is 0. The SMILES string of the molecule is c1ccc([Si]2(c3ccccc3)[O][Sb]([c]3ccccc3)([c]3ccccc3)([c]3ccccc3)[O][Si](c3ccccc3)(c3ccccc3)[O][Sb]([c]3ccccc3)([c]3ccccc3)([c]3ccccc3)[O]2)cc1. The molecule has 68 heavy (non-hydrogen) atoms. The van der Waals surface area contributed by atoms with Crippen LogP contribution in [0.3, 0.4) is 0 Å². The summed E-state index contributed by atoms with van der Waals surface area (Å²) in [6, 6.07) is 107. The van der Waals surface area contributed by atoms with E-state index in [2.05, 4.69) is 303 Å². The molecule has 0 aromatic heterocycles. The molecule has 332 valence electrons.